The molecule has 0 spiro atoms. The molecular weight excluding hydrogens is 372 g/mol. The summed E-state index contributed by atoms with van der Waals surface area (Å²) >= 11 is 0. The highest BCUT2D eigenvalue weighted by molar-refractivity contribution is 5.94. The lowest BCUT2D eigenvalue weighted by Crippen LogP contribution is -2.30. The van der Waals surface area contributed by atoms with Crippen LogP contribution in [0.25, 0.3) is 0 Å². The van der Waals surface area contributed by atoms with Gasteiger partial charge in [-0.3, -0.25) is 9.69 Å². The number of nitrogens with zero attached hydrogens (tertiary/aromatic N) is 1. The molecule has 2 rings (SSSR count). The van der Waals surface area contributed by atoms with Gasteiger partial charge in [0.2, 0.25) is 5.91 Å². The van der Waals surface area contributed by atoms with Crippen LogP contribution in [0.3, 0.4) is 0 Å². The van der Waals surface area contributed by atoms with Gasteiger partial charge in [0.15, 0.2) is 0 Å². The van der Waals surface area contributed by atoms with Gasteiger partial charge in [0.1, 0.15) is 11.5 Å². The molecule has 0 aliphatic heterocycles. The van der Waals surface area contributed by atoms with Crippen molar-refractivity contribution in [2.75, 3.05) is 39.7 Å². The number of nitrogens with one attached hydrogen (secondary N) is 1. The van der Waals surface area contributed by atoms with Gasteiger partial charge in [-0.2, -0.15) is 0 Å². The quantitative estimate of drug-likeness (QED) is 0.617. The molecule has 0 aliphatic rings. The highest BCUT2D eigenvalue weighted by Crippen LogP contribution is 2.25. The standard InChI is InChI=1S/C22H28N2O5/c1-5-12-29-22(26)16-6-9-18(10-7-16)23-21(25)15-24(2)14-17-8-11-19(27-3)13-20(17)28-4/h6-11,13H,5,12,14-15H2,1-4H3,(H,23,25). The average molecular weight is 400 g/mol. The highest BCUT2D eigenvalue weighted by atomic mass is 16.5. The van der Waals surface area contributed by atoms with E-state index in [1.807, 2.05) is 37.1 Å². The number of carbonyl (C=O) groups excluding carboxylic acids is 2. The molecule has 0 saturated heterocycles. The van der Waals surface area contributed by atoms with Crippen molar-refractivity contribution in [1.82, 2.24) is 4.90 Å². The van der Waals surface area contributed by atoms with Crippen molar-refractivity contribution < 1.29 is 23.8 Å². The molecule has 1 amide bonds. The van der Waals surface area contributed by atoms with Gasteiger partial charge in [-0.1, -0.05) is 13.0 Å². The number of rotatable bonds is 10. The van der Waals surface area contributed by atoms with Crippen LogP contribution in [0.15, 0.2) is 42.5 Å². The molecule has 0 aliphatic carbocycles. The maximum Gasteiger partial charge on any atom is 0.338 e. The third-order valence-electron chi connectivity index (χ3n) is 4.19. The molecule has 0 atom stereocenters. The van der Waals surface area contributed by atoms with Gasteiger partial charge in [-0.05, 0) is 43.8 Å². The number of likely N-dealkylation sites (N-methyl/N-ethyl adjacent to an activating group) is 1. The minimum absolute atomic E-state index is 0.152. The van der Waals surface area contributed by atoms with Crippen LogP contribution in [-0.2, 0) is 16.1 Å². The monoisotopic (exact) mass is 400 g/mol. The Morgan fingerprint density at radius 1 is 1.03 bits per heavy atom. The fraction of sp³-hybridized carbons (Fsp3) is 0.364. The Morgan fingerprint density at radius 2 is 1.76 bits per heavy atom. The normalized spacial score (nSPS) is 10.5. The second kappa shape index (κ2) is 11.1. The predicted molar refractivity (Wildman–Crippen MR) is 112 cm³/mol. The first-order valence-electron chi connectivity index (χ1n) is 9.43. The molecule has 2 aromatic rings. The summed E-state index contributed by atoms with van der Waals surface area (Å²) < 4.78 is 15.7. The zero-order valence-corrected chi connectivity index (χ0v) is 17.4. The van der Waals surface area contributed by atoms with E-state index in [4.69, 9.17) is 14.2 Å². The minimum atomic E-state index is -0.363. The van der Waals surface area contributed by atoms with Gasteiger partial charge in [-0.25, -0.2) is 4.79 Å². The summed E-state index contributed by atoms with van der Waals surface area (Å²) in [7, 11) is 5.06. The Labute approximate surface area is 171 Å². The van der Waals surface area contributed by atoms with Gasteiger partial charge < -0.3 is 19.5 Å². The molecule has 0 heterocycles. The first-order valence-corrected chi connectivity index (χ1v) is 9.43. The third-order valence-corrected chi connectivity index (χ3v) is 4.19. The number of hydrogen-bond donors (Lipinski definition) is 1. The maximum absolute atomic E-state index is 12.3. The van der Waals surface area contributed by atoms with Crippen molar-refractivity contribution in [1.29, 1.82) is 0 Å². The fourth-order valence-electron chi connectivity index (χ4n) is 2.74. The molecule has 7 nitrogen and oxygen atoms in total. The molecule has 0 saturated carbocycles. The van der Waals surface area contributed by atoms with Crippen LogP contribution >= 0.6 is 0 Å². The number of ether oxygens (including phenoxy) is 3. The Morgan fingerprint density at radius 3 is 2.38 bits per heavy atom. The van der Waals surface area contributed by atoms with Crippen molar-refractivity contribution in [3.8, 4) is 11.5 Å². The lowest BCUT2D eigenvalue weighted by Gasteiger charge is -2.18. The van der Waals surface area contributed by atoms with Gasteiger partial charge in [0.25, 0.3) is 0 Å². The van der Waals surface area contributed by atoms with Crippen LogP contribution in [0, 0.1) is 0 Å². The van der Waals surface area contributed by atoms with E-state index in [0.29, 0.717) is 35.9 Å². The SMILES string of the molecule is CCCOC(=O)c1ccc(NC(=O)CN(C)Cc2ccc(OC)cc2OC)cc1. The molecule has 2 aromatic carbocycles. The summed E-state index contributed by atoms with van der Waals surface area (Å²) in [4.78, 5) is 26.0. The van der Waals surface area contributed by atoms with E-state index in [9.17, 15) is 9.59 Å². The van der Waals surface area contributed by atoms with Crippen molar-refractivity contribution in [2.45, 2.75) is 19.9 Å². The van der Waals surface area contributed by atoms with E-state index in [-0.39, 0.29) is 18.4 Å². The molecule has 0 radical (unpaired) electrons. The van der Waals surface area contributed by atoms with Crippen LogP contribution in [0.1, 0.15) is 29.3 Å². The number of benzene rings is 2. The predicted octanol–water partition coefficient (Wildman–Crippen LogP) is 3.34. The van der Waals surface area contributed by atoms with E-state index in [0.717, 1.165) is 12.0 Å². The zero-order chi connectivity index (χ0) is 21.2. The summed E-state index contributed by atoms with van der Waals surface area (Å²) in [6.07, 6.45) is 0.774. The molecule has 29 heavy (non-hydrogen) atoms. The summed E-state index contributed by atoms with van der Waals surface area (Å²) in [5, 5.41) is 2.83. The van der Waals surface area contributed by atoms with E-state index < -0.39 is 0 Å². The van der Waals surface area contributed by atoms with E-state index in [2.05, 4.69) is 5.32 Å². The maximum atomic E-state index is 12.3. The summed E-state index contributed by atoms with van der Waals surface area (Å²) in [6.45, 7) is 3.08. The van der Waals surface area contributed by atoms with Gasteiger partial charge in [0, 0.05) is 23.9 Å². The summed E-state index contributed by atoms with van der Waals surface area (Å²) in [5.41, 5.74) is 2.04. The minimum Gasteiger partial charge on any atom is -0.497 e. The Bertz CT molecular complexity index is 820. The lowest BCUT2D eigenvalue weighted by atomic mass is 10.1. The molecule has 0 aromatic heterocycles. The first-order chi connectivity index (χ1) is 14.0. The van der Waals surface area contributed by atoms with E-state index in [1.165, 1.54) is 0 Å². The van der Waals surface area contributed by atoms with Crippen LogP contribution < -0.4 is 14.8 Å². The molecule has 0 fully saturated rings. The number of esters is 1. The first kappa shape index (κ1) is 22.2. The van der Waals surface area contributed by atoms with Crippen molar-refractivity contribution in [3.05, 3.63) is 53.6 Å². The van der Waals surface area contributed by atoms with Gasteiger partial charge >= 0.3 is 5.97 Å². The largest absolute Gasteiger partial charge is 0.497 e. The van der Waals surface area contributed by atoms with Gasteiger partial charge in [0.05, 0.1) is 32.9 Å². The van der Waals surface area contributed by atoms with Crippen LogP contribution in [0.2, 0.25) is 0 Å². The molecule has 0 unspecified atom stereocenters. The number of methoxy groups -OCH3 is 2. The van der Waals surface area contributed by atoms with Crippen molar-refractivity contribution >= 4 is 17.6 Å². The second-order valence-corrected chi connectivity index (χ2v) is 6.61. The van der Waals surface area contributed by atoms with Crippen LogP contribution in [-0.4, -0.2) is 51.2 Å². The smallest absolute Gasteiger partial charge is 0.338 e. The zero-order valence-electron chi connectivity index (χ0n) is 17.4. The van der Waals surface area contributed by atoms with Gasteiger partial charge in [-0.15, -0.1) is 0 Å². The topological polar surface area (TPSA) is 77.1 Å². The second-order valence-electron chi connectivity index (χ2n) is 6.61. The Hall–Kier alpha value is -3.06. The summed E-state index contributed by atoms with van der Waals surface area (Å²) in [6, 6.07) is 12.2. The van der Waals surface area contributed by atoms with Crippen LogP contribution in [0.4, 0.5) is 5.69 Å². The Kier molecular flexibility index (Phi) is 8.48. The third kappa shape index (κ3) is 6.80. The molecular formula is C22H28N2O5. The number of anilines is 1. The fourth-order valence-corrected chi connectivity index (χ4v) is 2.74. The average Bonchev–Trinajstić information content (AvgIpc) is 2.72. The Balaban J connectivity index is 1.89. The molecule has 1 N–H and O–H groups in total. The highest BCUT2D eigenvalue weighted by Gasteiger charge is 2.12. The summed E-state index contributed by atoms with van der Waals surface area (Å²) in [5.74, 6) is 0.911. The number of carbonyl (C=O) groups is 2. The van der Waals surface area contributed by atoms with Crippen LogP contribution in [0.5, 0.6) is 11.5 Å². The van der Waals surface area contributed by atoms with Crippen molar-refractivity contribution in [2.24, 2.45) is 0 Å². The van der Waals surface area contributed by atoms with E-state index in [1.54, 1.807) is 38.5 Å². The molecule has 7 heteroatoms. The van der Waals surface area contributed by atoms with Crippen molar-refractivity contribution in [3.63, 3.8) is 0 Å². The molecule has 156 valence electrons. The van der Waals surface area contributed by atoms with E-state index >= 15 is 0 Å². The molecule has 0 bridgehead atoms. The number of amides is 1. The number of hydrogen-bond acceptors (Lipinski definition) is 6. The lowest BCUT2D eigenvalue weighted by molar-refractivity contribution is -0.117.